The Labute approximate surface area is 179 Å². The first kappa shape index (κ1) is 20.0. The van der Waals surface area contributed by atoms with E-state index in [2.05, 4.69) is 30.5 Å². The van der Waals surface area contributed by atoms with Gasteiger partial charge in [0, 0.05) is 51.6 Å². The highest BCUT2D eigenvalue weighted by Crippen LogP contribution is 2.30. The SMILES string of the molecule is Nc1nn2c(c1C(=O)Nc1cnccc1N1CCN(C3CCOC3)CC1)NCC(F)C2. The zero-order valence-corrected chi connectivity index (χ0v) is 17.3. The van der Waals surface area contributed by atoms with E-state index in [9.17, 15) is 9.18 Å². The van der Waals surface area contributed by atoms with Gasteiger partial charge in [-0.25, -0.2) is 9.07 Å². The number of hydrogen-bond acceptors (Lipinski definition) is 8. The number of aromatic nitrogens is 3. The Morgan fingerprint density at radius 2 is 2.16 bits per heavy atom. The van der Waals surface area contributed by atoms with E-state index in [1.165, 1.54) is 4.68 Å². The third-order valence-corrected chi connectivity index (χ3v) is 6.19. The Balaban J connectivity index is 1.31. The summed E-state index contributed by atoms with van der Waals surface area (Å²) in [5, 5.41) is 9.97. The quantitative estimate of drug-likeness (QED) is 0.653. The number of pyridine rings is 1. The van der Waals surface area contributed by atoms with Crippen LogP contribution < -0.4 is 21.3 Å². The summed E-state index contributed by atoms with van der Waals surface area (Å²) in [5.41, 5.74) is 7.74. The van der Waals surface area contributed by atoms with Crippen molar-refractivity contribution in [3.05, 3.63) is 24.0 Å². The van der Waals surface area contributed by atoms with Crippen molar-refractivity contribution in [2.24, 2.45) is 0 Å². The van der Waals surface area contributed by atoms with E-state index in [0.717, 1.165) is 51.5 Å². The van der Waals surface area contributed by atoms with Crippen LogP contribution in [0.5, 0.6) is 0 Å². The van der Waals surface area contributed by atoms with Gasteiger partial charge in [-0.2, -0.15) is 5.10 Å². The van der Waals surface area contributed by atoms with Crippen molar-refractivity contribution in [2.45, 2.75) is 25.2 Å². The minimum Gasteiger partial charge on any atom is -0.381 e. The van der Waals surface area contributed by atoms with Crippen LogP contribution in [0.25, 0.3) is 0 Å². The van der Waals surface area contributed by atoms with Crippen LogP contribution in [0.3, 0.4) is 0 Å². The minimum absolute atomic E-state index is 0.0759. The van der Waals surface area contributed by atoms with Crippen LogP contribution >= 0.6 is 0 Å². The van der Waals surface area contributed by atoms with Gasteiger partial charge in [-0.3, -0.25) is 14.7 Å². The van der Waals surface area contributed by atoms with E-state index in [-0.39, 0.29) is 30.4 Å². The lowest BCUT2D eigenvalue weighted by atomic mass is 10.1. The standard InChI is InChI=1S/C20H27FN8O2/c21-13-9-24-19-17(18(22)26-29(19)11-13)20(30)25-15-10-23-3-1-16(15)28-6-4-27(5-7-28)14-2-8-31-12-14/h1,3,10,13-14,24H,2,4-9,11-12H2,(H2,22,26)(H,25,30). The minimum atomic E-state index is -1.07. The largest absolute Gasteiger partial charge is 0.381 e. The Kier molecular flexibility index (Phi) is 5.36. The van der Waals surface area contributed by atoms with Gasteiger partial charge in [-0.05, 0) is 12.5 Å². The number of carbonyl (C=O) groups excluding carboxylic acids is 1. The molecule has 1 amide bonds. The van der Waals surface area contributed by atoms with Crippen LogP contribution in [-0.4, -0.2) is 83.7 Å². The van der Waals surface area contributed by atoms with Gasteiger partial charge >= 0.3 is 0 Å². The summed E-state index contributed by atoms with van der Waals surface area (Å²) >= 11 is 0. The van der Waals surface area contributed by atoms with E-state index in [0.29, 0.717) is 17.5 Å². The Bertz CT molecular complexity index is 953. The molecular formula is C20H27FN8O2. The van der Waals surface area contributed by atoms with E-state index in [4.69, 9.17) is 10.5 Å². The third kappa shape index (κ3) is 3.90. The molecule has 0 radical (unpaired) electrons. The van der Waals surface area contributed by atoms with Crippen molar-refractivity contribution in [3.8, 4) is 0 Å². The molecule has 2 unspecified atom stereocenters. The zero-order chi connectivity index (χ0) is 21.4. The fraction of sp³-hybridized carbons (Fsp3) is 0.550. The van der Waals surface area contributed by atoms with E-state index < -0.39 is 6.17 Å². The molecule has 10 nitrogen and oxygen atoms in total. The molecule has 2 saturated heterocycles. The summed E-state index contributed by atoms with van der Waals surface area (Å²) in [4.78, 5) is 22.0. The van der Waals surface area contributed by atoms with Gasteiger partial charge in [0.05, 0.1) is 30.7 Å². The molecule has 166 valence electrons. The van der Waals surface area contributed by atoms with Gasteiger partial charge in [0.2, 0.25) is 0 Å². The first-order valence-corrected chi connectivity index (χ1v) is 10.7. The lowest BCUT2D eigenvalue weighted by molar-refractivity contribution is 0.102. The molecule has 0 aliphatic carbocycles. The number of anilines is 4. The first-order valence-electron chi connectivity index (χ1n) is 10.7. The number of nitrogen functional groups attached to an aromatic ring is 1. The molecular weight excluding hydrogens is 403 g/mol. The second-order valence-electron chi connectivity index (χ2n) is 8.16. The van der Waals surface area contributed by atoms with E-state index in [1.54, 1.807) is 12.4 Å². The number of nitrogens with two attached hydrogens (primary N) is 1. The maximum atomic E-state index is 13.6. The van der Waals surface area contributed by atoms with Crippen molar-refractivity contribution in [2.75, 3.05) is 67.2 Å². The van der Waals surface area contributed by atoms with Gasteiger partial charge in [0.15, 0.2) is 5.82 Å². The predicted octanol–water partition coefficient (Wildman–Crippen LogP) is 0.787. The monoisotopic (exact) mass is 430 g/mol. The van der Waals surface area contributed by atoms with Crippen LogP contribution in [0.15, 0.2) is 18.5 Å². The maximum absolute atomic E-state index is 13.6. The summed E-state index contributed by atoms with van der Waals surface area (Å²) in [6.45, 7) is 5.46. The second kappa shape index (κ2) is 8.31. The molecule has 3 aliphatic rings. The molecule has 31 heavy (non-hydrogen) atoms. The number of nitrogens with one attached hydrogen (secondary N) is 2. The lowest BCUT2D eigenvalue weighted by Gasteiger charge is -2.39. The number of alkyl halides is 1. The average Bonchev–Trinajstić information content (AvgIpc) is 3.41. The molecule has 0 spiro atoms. The van der Waals surface area contributed by atoms with Gasteiger partial charge in [0.25, 0.3) is 5.91 Å². The van der Waals surface area contributed by atoms with Gasteiger partial charge in [0.1, 0.15) is 17.6 Å². The number of halogens is 1. The number of hydrogen-bond donors (Lipinski definition) is 3. The Hall–Kier alpha value is -2.92. The molecule has 5 rings (SSSR count). The van der Waals surface area contributed by atoms with Crippen molar-refractivity contribution in [1.29, 1.82) is 0 Å². The molecule has 0 saturated carbocycles. The van der Waals surface area contributed by atoms with Crippen molar-refractivity contribution in [1.82, 2.24) is 19.7 Å². The van der Waals surface area contributed by atoms with Crippen LogP contribution in [0, 0.1) is 0 Å². The maximum Gasteiger partial charge on any atom is 0.263 e. The van der Waals surface area contributed by atoms with E-state index in [1.807, 2.05) is 6.07 Å². The van der Waals surface area contributed by atoms with Crippen molar-refractivity contribution in [3.63, 3.8) is 0 Å². The van der Waals surface area contributed by atoms with Gasteiger partial charge in [-0.15, -0.1) is 0 Å². The number of amides is 1. The van der Waals surface area contributed by atoms with Crippen molar-refractivity contribution < 1.29 is 13.9 Å². The number of piperazine rings is 1. The number of ether oxygens (including phenoxy) is 1. The summed E-state index contributed by atoms with van der Waals surface area (Å²) in [7, 11) is 0. The number of rotatable bonds is 4. The smallest absolute Gasteiger partial charge is 0.263 e. The van der Waals surface area contributed by atoms with Crippen LogP contribution in [0.1, 0.15) is 16.8 Å². The van der Waals surface area contributed by atoms with Gasteiger partial charge < -0.3 is 26.0 Å². The molecule has 2 fully saturated rings. The normalized spacial score (nSPS) is 24.0. The molecule has 2 aromatic rings. The molecule has 0 bridgehead atoms. The molecule has 4 N–H and O–H groups in total. The fourth-order valence-corrected chi connectivity index (χ4v) is 4.56. The summed E-state index contributed by atoms with van der Waals surface area (Å²) < 4.78 is 20.6. The number of fused-ring (bicyclic) bond motifs is 1. The highest BCUT2D eigenvalue weighted by atomic mass is 19.1. The lowest BCUT2D eigenvalue weighted by Crippen LogP contribution is -2.50. The number of carbonyl (C=O) groups is 1. The summed E-state index contributed by atoms with van der Waals surface area (Å²) in [5.74, 6) is 0.133. The zero-order valence-electron chi connectivity index (χ0n) is 17.3. The summed E-state index contributed by atoms with van der Waals surface area (Å²) in [6, 6.07) is 2.42. The third-order valence-electron chi connectivity index (χ3n) is 6.19. The Morgan fingerprint density at radius 1 is 1.32 bits per heavy atom. The topological polar surface area (TPSA) is 114 Å². The van der Waals surface area contributed by atoms with Gasteiger partial charge in [-0.1, -0.05) is 0 Å². The van der Waals surface area contributed by atoms with Crippen LogP contribution in [0.2, 0.25) is 0 Å². The number of nitrogens with zero attached hydrogens (tertiary/aromatic N) is 5. The Morgan fingerprint density at radius 3 is 2.94 bits per heavy atom. The molecule has 2 aromatic heterocycles. The predicted molar refractivity (Wildman–Crippen MR) is 115 cm³/mol. The molecule has 11 heteroatoms. The van der Waals surface area contributed by atoms with Crippen molar-refractivity contribution >= 4 is 28.9 Å². The fourth-order valence-electron chi connectivity index (χ4n) is 4.56. The highest BCUT2D eigenvalue weighted by Gasteiger charge is 2.30. The molecule has 5 heterocycles. The summed E-state index contributed by atoms with van der Waals surface area (Å²) in [6.07, 6.45) is 3.38. The molecule has 2 atom stereocenters. The van der Waals surface area contributed by atoms with Crippen LogP contribution in [-0.2, 0) is 11.3 Å². The van der Waals surface area contributed by atoms with Crippen LogP contribution in [0.4, 0.5) is 27.4 Å². The molecule has 3 aliphatic heterocycles. The average molecular weight is 430 g/mol. The second-order valence-corrected chi connectivity index (χ2v) is 8.16. The first-order chi connectivity index (χ1) is 15.1. The highest BCUT2D eigenvalue weighted by molar-refractivity contribution is 6.11. The molecule has 0 aromatic carbocycles. The van der Waals surface area contributed by atoms with E-state index >= 15 is 0 Å².